The number of rotatable bonds is 7. The lowest BCUT2D eigenvalue weighted by atomic mass is 9.73. The zero-order chi connectivity index (χ0) is 20.9. The fraction of sp³-hybridized carbons (Fsp3) is 0.760. The molecule has 28 heavy (non-hydrogen) atoms. The minimum atomic E-state index is -0.232. The fourth-order valence-corrected chi connectivity index (χ4v) is 4.05. The van der Waals surface area contributed by atoms with Crippen LogP contribution in [0.15, 0.2) is 24.3 Å². The van der Waals surface area contributed by atoms with Gasteiger partial charge in [-0.15, -0.1) is 0 Å². The zero-order valence-electron chi connectivity index (χ0n) is 19.3. The van der Waals surface area contributed by atoms with Gasteiger partial charge >= 0.3 is 0 Å². The van der Waals surface area contributed by atoms with E-state index >= 15 is 0 Å². The van der Waals surface area contributed by atoms with Crippen LogP contribution in [0.1, 0.15) is 98.5 Å². The molecule has 0 spiro atoms. The van der Waals surface area contributed by atoms with E-state index < -0.39 is 0 Å². The first kappa shape index (κ1) is 23.2. The molecule has 1 aliphatic carbocycles. The second kappa shape index (κ2) is 9.63. The van der Waals surface area contributed by atoms with Crippen LogP contribution in [0, 0.1) is 10.8 Å². The molecule has 160 valence electrons. The lowest BCUT2D eigenvalue weighted by molar-refractivity contribution is -0.177. The van der Waals surface area contributed by atoms with E-state index in [9.17, 15) is 0 Å². The molecular formula is C25H43NO2. The lowest BCUT2D eigenvalue weighted by Crippen LogP contribution is -2.38. The SMILES string of the molecule is CC(N)CC(c1ccc(OC(OC2CCCCC2)C(C)(C)C)cc1)C(C)(C)C. The van der Waals surface area contributed by atoms with Crippen molar-refractivity contribution in [1.82, 2.24) is 0 Å². The maximum absolute atomic E-state index is 6.41. The number of ether oxygens (including phenoxy) is 2. The van der Waals surface area contributed by atoms with Gasteiger partial charge in [0.25, 0.3) is 0 Å². The molecule has 1 saturated carbocycles. The normalized spacial score (nSPS) is 19.9. The Labute approximate surface area is 173 Å². The number of nitrogens with two attached hydrogens (primary N) is 1. The molecule has 0 saturated heterocycles. The van der Waals surface area contributed by atoms with E-state index in [4.69, 9.17) is 15.2 Å². The molecule has 0 radical (unpaired) electrons. The summed E-state index contributed by atoms with van der Waals surface area (Å²) in [6, 6.07) is 8.78. The smallest absolute Gasteiger partial charge is 0.204 e. The maximum Gasteiger partial charge on any atom is 0.204 e. The van der Waals surface area contributed by atoms with Crippen LogP contribution in [0.25, 0.3) is 0 Å². The van der Waals surface area contributed by atoms with Gasteiger partial charge in [0.1, 0.15) is 5.75 Å². The van der Waals surface area contributed by atoms with Crippen LogP contribution in [0.3, 0.4) is 0 Å². The van der Waals surface area contributed by atoms with Gasteiger partial charge in [-0.1, -0.05) is 72.9 Å². The van der Waals surface area contributed by atoms with Crippen molar-refractivity contribution in [2.75, 3.05) is 0 Å². The summed E-state index contributed by atoms with van der Waals surface area (Å²) in [7, 11) is 0. The second-order valence-electron chi connectivity index (χ2n) is 10.9. The van der Waals surface area contributed by atoms with Gasteiger partial charge in [0.15, 0.2) is 0 Å². The van der Waals surface area contributed by atoms with E-state index in [0.29, 0.717) is 12.0 Å². The van der Waals surface area contributed by atoms with Gasteiger partial charge in [0, 0.05) is 11.5 Å². The van der Waals surface area contributed by atoms with Crippen molar-refractivity contribution in [3.05, 3.63) is 29.8 Å². The van der Waals surface area contributed by atoms with Gasteiger partial charge in [-0.2, -0.15) is 0 Å². The summed E-state index contributed by atoms with van der Waals surface area (Å²) < 4.78 is 12.7. The van der Waals surface area contributed by atoms with E-state index in [1.54, 1.807) is 0 Å². The molecule has 3 atom stereocenters. The summed E-state index contributed by atoms with van der Waals surface area (Å²) in [6.07, 6.45) is 7.25. The molecule has 2 rings (SSSR count). The minimum Gasteiger partial charge on any atom is -0.464 e. The Hall–Kier alpha value is -1.06. The summed E-state index contributed by atoms with van der Waals surface area (Å²) in [5.41, 5.74) is 7.55. The maximum atomic E-state index is 6.41. The third-order valence-corrected chi connectivity index (χ3v) is 5.75. The van der Waals surface area contributed by atoms with E-state index in [0.717, 1.165) is 25.0 Å². The third kappa shape index (κ3) is 7.08. The topological polar surface area (TPSA) is 44.5 Å². The Kier molecular flexibility index (Phi) is 7.98. The van der Waals surface area contributed by atoms with Gasteiger partial charge in [0.2, 0.25) is 6.29 Å². The highest BCUT2D eigenvalue weighted by molar-refractivity contribution is 5.30. The highest BCUT2D eigenvalue weighted by Gasteiger charge is 2.31. The first-order chi connectivity index (χ1) is 13.0. The monoisotopic (exact) mass is 389 g/mol. The van der Waals surface area contributed by atoms with Crippen molar-refractivity contribution in [3.8, 4) is 5.75 Å². The van der Waals surface area contributed by atoms with Gasteiger partial charge in [-0.05, 0) is 55.2 Å². The Morgan fingerprint density at radius 3 is 1.96 bits per heavy atom. The fourth-order valence-electron chi connectivity index (χ4n) is 4.05. The summed E-state index contributed by atoms with van der Waals surface area (Å²) in [5, 5.41) is 0. The molecule has 0 aliphatic heterocycles. The molecular weight excluding hydrogens is 346 g/mol. The van der Waals surface area contributed by atoms with E-state index in [1.807, 2.05) is 0 Å². The molecule has 1 fully saturated rings. The van der Waals surface area contributed by atoms with E-state index in [2.05, 4.69) is 72.7 Å². The molecule has 1 aromatic rings. The predicted molar refractivity (Wildman–Crippen MR) is 119 cm³/mol. The van der Waals surface area contributed by atoms with Crippen LogP contribution in [0.2, 0.25) is 0 Å². The molecule has 0 amide bonds. The molecule has 0 bridgehead atoms. The van der Waals surface area contributed by atoms with Crippen LogP contribution in [-0.4, -0.2) is 18.4 Å². The van der Waals surface area contributed by atoms with Gasteiger partial charge in [-0.25, -0.2) is 0 Å². The van der Waals surface area contributed by atoms with Crippen molar-refractivity contribution >= 4 is 0 Å². The molecule has 3 nitrogen and oxygen atoms in total. The molecule has 3 heteroatoms. The standard InChI is InChI=1S/C25H43NO2/c1-18(26)17-22(24(2,3)4)19-13-15-21(16-14-19)28-23(25(5,6)7)27-20-11-9-8-10-12-20/h13-16,18,20,22-23H,8-12,17,26H2,1-7H3. The third-order valence-electron chi connectivity index (χ3n) is 5.75. The molecule has 3 unspecified atom stereocenters. The highest BCUT2D eigenvalue weighted by Crippen LogP contribution is 2.39. The largest absolute Gasteiger partial charge is 0.464 e. The molecule has 2 N–H and O–H groups in total. The summed E-state index contributed by atoms with van der Waals surface area (Å²) in [5.74, 6) is 1.31. The summed E-state index contributed by atoms with van der Waals surface area (Å²) in [6.45, 7) is 15.5. The van der Waals surface area contributed by atoms with Crippen molar-refractivity contribution in [1.29, 1.82) is 0 Å². The Morgan fingerprint density at radius 2 is 1.50 bits per heavy atom. The number of hydrogen-bond acceptors (Lipinski definition) is 3. The molecule has 1 aromatic carbocycles. The average molecular weight is 390 g/mol. The highest BCUT2D eigenvalue weighted by atomic mass is 16.7. The summed E-state index contributed by atoms with van der Waals surface area (Å²) in [4.78, 5) is 0. The Bertz CT molecular complexity index is 574. The van der Waals surface area contributed by atoms with E-state index in [1.165, 1.54) is 24.8 Å². The lowest BCUT2D eigenvalue weighted by Gasteiger charge is -2.35. The van der Waals surface area contributed by atoms with Crippen LogP contribution in [0.5, 0.6) is 5.75 Å². The van der Waals surface area contributed by atoms with Gasteiger partial charge in [0.05, 0.1) is 6.10 Å². The molecule has 0 aromatic heterocycles. The zero-order valence-corrected chi connectivity index (χ0v) is 19.3. The van der Waals surface area contributed by atoms with E-state index in [-0.39, 0.29) is 23.2 Å². The van der Waals surface area contributed by atoms with Crippen LogP contribution in [0.4, 0.5) is 0 Å². The summed E-state index contributed by atoms with van der Waals surface area (Å²) >= 11 is 0. The van der Waals surface area contributed by atoms with Crippen LogP contribution < -0.4 is 10.5 Å². The average Bonchev–Trinajstić information content (AvgIpc) is 2.59. The van der Waals surface area contributed by atoms with Gasteiger partial charge < -0.3 is 15.2 Å². The van der Waals surface area contributed by atoms with Crippen LogP contribution in [-0.2, 0) is 4.74 Å². The van der Waals surface area contributed by atoms with Crippen molar-refractivity contribution in [2.24, 2.45) is 16.6 Å². The van der Waals surface area contributed by atoms with Gasteiger partial charge in [-0.3, -0.25) is 0 Å². The Balaban J connectivity index is 2.11. The Morgan fingerprint density at radius 1 is 0.929 bits per heavy atom. The van der Waals surface area contributed by atoms with Crippen molar-refractivity contribution < 1.29 is 9.47 Å². The van der Waals surface area contributed by atoms with Crippen LogP contribution >= 0.6 is 0 Å². The second-order valence-corrected chi connectivity index (χ2v) is 10.9. The molecule has 1 aliphatic rings. The number of hydrogen-bond donors (Lipinski definition) is 1. The number of benzene rings is 1. The first-order valence-corrected chi connectivity index (χ1v) is 11.1. The molecule has 0 heterocycles. The van der Waals surface area contributed by atoms with Crippen molar-refractivity contribution in [3.63, 3.8) is 0 Å². The minimum absolute atomic E-state index is 0.0704. The quantitative estimate of drug-likeness (QED) is 0.531. The predicted octanol–water partition coefficient (Wildman–Crippen LogP) is 6.65. The van der Waals surface area contributed by atoms with Crippen molar-refractivity contribution in [2.45, 2.75) is 111 Å². The first-order valence-electron chi connectivity index (χ1n) is 11.1.